The number of aromatic amines is 1. The summed E-state index contributed by atoms with van der Waals surface area (Å²) in [6.07, 6.45) is 5.84. The summed E-state index contributed by atoms with van der Waals surface area (Å²) in [5.74, 6) is 0.282. The van der Waals surface area contributed by atoms with Crippen LogP contribution in [0.25, 0.3) is 16.4 Å². The molecule has 1 fully saturated rings. The summed E-state index contributed by atoms with van der Waals surface area (Å²) < 4.78 is 1.61. The third kappa shape index (κ3) is 2.82. The van der Waals surface area contributed by atoms with Crippen LogP contribution >= 0.6 is 0 Å². The van der Waals surface area contributed by atoms with Crippen LogP contribution in [-0.2, 0) is 0 Å². The highest BCUT2D eigenvalue weighted by molar-refractivity contribution is 6.04. The van der Waals surface area contributed by atoms with Crippen molar-refractivity contribution in [1.82, 2.24) is 29.7 Å². The van der Waals surface area contributed by atoms with E-state index in [1.165, 1.54) is 12.1 Å². The summed E-state index contributed by atoms with van der Waals surface area (Å²) in [5, 5.41) is 12.0. The van der Waals surface area contributed by atoms with Crippen molar-refractivity contribution in [1.29, 1.82) is 0 Å². The number of carbonyl (C=O) groups excluding carboxylic acids is 1. The molecule has 0 saturated carbocycles. The van der Waals surface area contributed by atoms with Crippen molar-refractivity contribution in [3.63, 3.8) is 0 Å². The number of pyridine rings is 2. The molecular formula is C20H21N7O. The Morgan fingerprint density at radius 3 is 3.04 bits per heavy atom. The molecule has 0 aromatic carbocycles. The molecule has 0 bridgehead atoms. The average Bonchev–Trinajstić information content (AvgIpc) is 3.39. The van der Waals surface area contributed by atoms with Crippen LogP contribution in [0.5, 0.6) is 0 Å². The normalized spacial score (nSPS) is 17.6. The van der Waals surface area contributed by atoms with Gasteiger partial charge in [0.15, 0.2) is 0 Å². The van der Waals surface area contributed by atoms with E-state index in [1.54, 1.807) is 23.0 Å². The second kappa shape index (κ2) is 6.42. The van der Waals surface area contributed by atoms with Gasteiger partial charge in [-0.3, -0.25) is 9.69 Å². The van der Waals surface area contributed by atoms with Crippen molar-refractivity contribution in [3.8, 4) is 0 Å². The standard InChI is InChI=1S/C20H21N7O/c1-12-17-6-5-13(11-27(17)25-24-12)20(28)23-19-9-15-14(10-21-19)8-16(22-15)18-4-3-7-26(18)2/h5-6,8-11,18,22H,3-4,7H2,1-2H3,(H,21,23,28)/t18-/m1/s1. The molecule has 4 aromatic heterocycles. The third-order valence-electron chi connectivity index (χ3n) is 5.50. The van der Waals surface area contributed by atoms with E-state index < -0.39 is 0 Å². The lowest BCUT2D eigenvalue weighted by Crippen LogP contribution is -2.17. The molecule has 1 amide bonds. The molecular weight excluding hydrogens is 354 g/mol. The van der Waals surface area contributed by atoms with Gasteiger partial charge in [0.1, 0.15) is 5.82 Å². The van der Waals surface area contributed by atoms with Crippen LogP contribution in [0.4, 0.5) is 5.82 Å². The van der Waals surface area contributed by atoms with Gasteiger partial charge in [0, 0.05) is 35.6 Å². The number of fused-ring (bicyclic) bond motifs is 2. The number of hydrogen-bond donors (Lipinski definition) is 2. The van der Waals surface area contributed by atoms with E-state index in [0.29, 0.717) is 17.4 Å². The topological polar surface area (TPSA) is 91.2 Å². The monoisotopic (exact) mass is 375 g/mol. The van der Waals surface area contributed by atoms with Crippen molar-refractivity contribution >= 4 is 28.1 Å². The molecule has 5 heterocycles. The lowest BCUT2D eigenvalue weighted by molar-refractivity contribution is 0.102. The Balaban J connectivity index is 1.39. The highest BCUT2D eigenvalue weighted by atomic mass is 16.1. The maximum atomic E-state index is 12.6. The zero-order valence-electron chi connectivity index (χ0n) is 15.8. The van der Waals surface area contributed by atoms with Crippen molar-refractivity contribution in [3.05, 3.63) is 53.6 Å². The smallest absolute Gasteiger partial charge is 0.258 e. The molecule has 4 aromatic rings. The number of rotatable bonds is 3. The first-order chi connectivity index (χ1) is 13.6. The molecule has 142 valence electrons. The van der Waals surface area contributed by atoms with E-state index in [1.807, 2.05) is 19.1 Å². The van der Waals surface area contributed by atoms with Crippen molar-refractivity contribution < 1.29 is 4.79 Å². The minimum atomic E-state index is -0.232. The number of carbonyl (C=O) groups is 1. The SMILES string of the molecule is Cc1nnn2cc(C(=O)Nc3cc4[nH]c([C@H]5CCCN5C)cc4cn3)ccc12. The highest BCUT2D eigenvalue weighted by Crippen LogP contribution is 2.32. The van der Waals surface area contributed by atoms with Gasteiger partial charge < -0.3 is 10.3 Å². The lowest BCUT2D eigenvalue weighted by Gasteiger charge is -2.17. The number of aryl methyl sites for hydroxylation is 1. The van der Waals surface area contributed by atoms with Gasteiger partial charge in [-0.05, 0) is 51.6 Å². The van der Waals surface area contributed by atoms with E-state index in [4.69, 9.17) is 0 Å². The van der Waals surface area contributed by atoms with Gasteiger partial charge in [-0.2, -0.15) is 0 Å². The zero-order chi connectivity index (χ0) is 19.3. The summed E-state index contributed by atoms with van der Waals surface area (Å²) in [6.45, 7) is 3.00. The summed E-state index contributed by atoms with van der Waals surface area (Å²) in [5.41, 5.74) is 4.38. The van der Waals surface area contributed by atoms with Crippen LogP contribution < -0.4 is 5.32 Å². The lowest BCUT2D eigenvalue weighted by atomic mass is 10.1. The maximum Gasteiger partial charge on any atom is 0.258 e. The van der Waals surface area contributed by atoms with Crippen molar-refractivity contribution in [2.45, 2.75) is 25.8 Å². The summed E-state index contributed by atoms with van der Waals surface area (Å²) in [4.78, 5) is 22.9. The number of H-pyrrole nitrogens is 1. The molecule has 0 radical (unpaired) electrons. The number of likely N-dealkylation sites (tertiary alicyclic amines) is 1. The second-order valence-corrected chi connectivity index (χ2v) is 7.40. The molecule has 0 spiro atoms. The third-order valence-corrected chi connectivity index (χ3v) is 5.50. The van der Waals surface area contributed by atoms with Crippen LogP contribution in [0.3, 0.4) is 0 Å². The van der Waals surface area contributed by atoms with Gasteiger partial charge >= 0.3 is 0 Å². The minimum absolute atomic E-state index is 0.232. The summed E-state index contributed by atoms with van der Waals surface area (Å²) >= 11 is 0. The number of amides is 1. The molecule has 1 saturated heterocycles. The van der Waals surface area contributed by atoms with Crippen LogP contribution in [0.2, 0.25) is 0 Å². The van der Waals surface area contributed by atoms with Crippen molar-refractivity contribution in [2.24, 2.45) is 0 Å². The quantitative estimate of drug-likeness (QED) is 0.574. The maximum absolute atomic E-state index is 12.6. The van der Waals surface area contributed by atoms with Gasteiger partial charge in [-0.1, -0.05) is 5.21 Å². The Kier molecular flexibility index (Phi) is 3.87. The van der Waals surface area contributed by atoms with E-state index in [-0.39, 0.29) is 5.91 Å². The molecule has 1 atom stereocenters. The van der Waals surface area contributed by atoms with Gasteiger partial charge in [-0.25, -0.2) is 9.50 Å². The fourth-order valence-electron chi connectivity index (χ4n) is 3.94. The van der Waals surface area contributed by atoms with Crippen LogP contribution in [-0.4, -0.2) is 49.2 Å². The molecule has 28 heavy (non-hydrogen) atoms. The molecule has 1 aliphatic heterocycles. The predicted molar refractivity (Wildman–Crippen MR) is 106 cm³/mol. The van der Waals surface area contributed by atoms with E-state index in [0.717, 1.165) is 35.1 Å². The number of nitrogens with zero attached hydrogens (tertiary/aromatic N) is 5. The largest absolute Gasteiger partial charge is 0.357 e. The first kappa shape index (κ1) is 16.9. The Bertz CT molecular complexity index is 1190. The summed E-state index contributed by atoms with van der Waals surface area (Å²) in [6, 6.07) is 8.06. The van der Waals surface area contributed by atoms with Gasteiger partial charge in [0.05, 0.1) is 22.3 Å². The number of hydrogen-bond acceptors (Lipinski definition) is 5. The van der Waals surface area contributed by atoms with Gasteiger partial charge in [0.25, 0.3) is 5.91 Å². The van der Waals surface area contributed by atoms with Crippen LogP contribution in [0.1, 0.15) is 40.6 Å². The van der Waals surface area contributed by atoms with Crippen LogP contribution in [0, 0.1) is 6.92 Å². The van der Waals surface area contributed by atoms with E-state index in [2.05, 4.69) is 43.6 Å². The number of anilines is 1. The molecule has 5 rings (SSSR count). The number of nitrogens with one attached hydrogen (secondary N) is 2. The predicted octanol–water partition coefficient (Wildman–Crippen LogP) is 2.93. The van der Waals surface area contributed by atoms with Gasteiger partial charge in [0.2, 0.25) is 0 Å². The number of aromatic nitrogens is 5. The summed E-state index contributed by atoms with van der Waals surface area (Å²) in [7, 11) is 2.15. The minimum Gasteiger partial charge on any atom is -0.357 e. The van der Waals surface area contributed by atoms with E-state index in [9.17, 15) is 4.79 Å². The Morgan fingerprint density at radius 2 is 2.21 bits per heavy atom. The fraction of sp³-hybridized carbons (Fsp3) is 0.300. The molecule has 8 heteroatoms. The zero-order valence-corrected chi connectivity index (χ0v) is 15.8. The fourth-order valence-corrected chi connectivity index (χ4v) is 3.94. The molecule has 0 unspecified atom stereocenters. The van der Waals surface area contributed by atoms with Gasteiger partial charge in [-0.15, -0.1) is 5.10 Å². The molecule has 8 nitrogen and oxygen atoms in total. The second-order valence-electron chi connectivity index (χ2n) is 7.40. The average molecular weight is 375 g/mol. The highest BCUT2D eigenvalue weighted by Gasteiger charge is 2.24. The Morgan fingerprint density at radius 1 is 1.32 bits per heavy atom. The van der Waals surface area contributed by atoms with Crippen molar-refractivity contribution in [2.75, 3.05) is 18.9 Å². The Labute approximate surface area is 161 Å². The van der Waals surface area contributed by atoms with Crippen LogP contribution in [0.15, 0.2) is 36.7 Å². The van der Waals surface area contributed by atoms with E-state index >= 15 is 0 Å². The Hall–Kier alpha value is -3.26. The molecule has 1 aliphatic rings. The molecule has 0 aliphatic carbocycles. The first-order valence-electron chi connectivity index (χ1n) is 9.40. The first-order valence-corrected chi connectivity index (χ1v) is 9.40. The molecule has 2 N–H and O–H groups in total.